The van der Waals surface area contributed by atoms with Gasteiger partial charge in [-0.2, -0.15) is 0 Å². The molecule has 0 saturated heterocycles. The fourth-order valence-corrected chi connectivity index (χ4v) is 1.71. The molecule has 0 N–H and O–H groups in total. The fourth-order valence-electron chi connectivity index (χ4n) is 1.71. The summed E-state index contributed by atoms with van der Waals surface area (Å²) in [6.07, 6.45) is 8.50. The predicted molar refractivity (Wildman–Crippen MR) is 75.0 cm³/mol. The Labute approximate surface area is 101 Å². The van der Waals surface area contributed by atoms with Crippen LogP contribution in [0.1, 0.15) is 40.0 Å². The molecule has 0 aromatic heterocycles. The third kappa shape index (κ3) is 4.65. The van der Waals surface area contributed by atoms with Crippen LogP contribution in [0.25, 0.3) is 0 Å². The van der Waals surface area contributed by atoms with Gasteiger partial charge in [-0.15, -0.1) is 12.1 Å². The Morgan fingerprint density at radius 2 is 2.06 bits per heavy atom. The zero-order valence-corrected chi connectivity index (χ0v) is 10.8. The molecule has 1 atom stereocenters. The van der Waals surface area contributed by atoms with Gasteiger partial charge in [-0.25, -0.2) is 0 Å². The zero-order chi connectivity index (χ0) is 12.6. The molecule has 2 heteroatoms. The number of hydrogen-bond donors (Lipinski definition) is 0. The first-order chi connectivity index (χ1) is 7.50. The summed E-state index contributed by atoms with van der Waals surface area (Å²) in [5.41, 5.74) is 1.60. The second kappa shape index (κ2) is 7.26. The second-order valence-corrected chi connectivity index (χ2v) is 4.28. The molecular formula is C14H22BN. The van der Waals surface area contributed by atoms with E-state index in [9.17, 15) is 0 Å². The summed E-state index contributed by atoms with van der Waals surface area (Å²) in [4.78, 5) is 4.42. The quantitative estimate of drug-likeness (QED) is 0.345. The number of rotatable bonds is 7. The lowest BCUT2D eigenvalue weighted by molar-refractivity contribution is 0.344. The van der Waals surface area contributed by atoms with Crippen molar-refractivity contribution in [3.63, 3.8) is 0 Å². The monoisotopic (exact) mass is 215 g/mol. The van der Waals surface area contributed by atoms with E-state index in [1.807, 2.05) is 6.08 Å². The lowest BCUT2D eigenvalue weighted by atomic mass is 9.78. The molecule has 0 aliphatic heterocycles. The van der Waals surface area contributed by atoms with E-state index in [-0.39, 0.29) is 5.41 Å². The first kappa shape index (κ1) is 15.0. The van der Waals surface area contributed by atoms with Gasteiger partial charge in [0, 0.05) is 17.3 Å². The lowest BCUT2D eigenvalue weighted by Gasteiger charge is -2.28. The maximum atomic E-state index is 5.64. The van der Waals surface area contributed by atoms with Gasteiger partial charge in [-0.05, 0) is 18.9 Å². The zero-order valence-electron chi connectivity index (χ0n) is 10.8. The van der Waals surface area contributed by atoms with Crippen LogP contribution < -0.4 is 0 Å². The summed E-state index contributed by atoms with van der Waals surface area (Å²) >= 11 is 0. The van der Waals surface area contributed by atoms with Crippen molar-refractivity contribution in [2.45, 2.75) is 40.0 Å². The van der Waals surface area contributed by atoms with Gasteiger partial charge in [-0.1, -0.05) is 39.8 Å². The van der Waals surface area contributed by atoms with Crippen molar-refractivity contribution in [2.75, 3.05) is 0 Å². The number of allylic oxidation sites excluding steroid dienone is 4. The van der Waals surface area contributed by atoms with E-state index in [2.05, 4.69) is 38.9 Å². The van der Waals surface area contributed by atoms with Crippen LogP contribution in [0.4, 0.5) is 0 Å². The summed E-state index contributed by atoms with van der Waals surface area (Å²) in [6, 6.07) is 0. The van der Waals surface area contributed by atoms with E-state index < -0.39 is 0 Å². The molecule has 0 aromatic carbocycles. The van der Waals surface area contributed by atoms with Crippen LogP contribution in [0.5, 0.6) is 0 Å². The molecule has 0 saturated carbocycles. The van der Waals surface area contributed by atoms with Crippen LogP contribution in [-0.4, -0.2) is 14.1 Å². The van der Waals surface area contributed by atoms with Crippen LogP contribution in [0.2, 0.25) is 0 Å². The predicted octanol–water partition coefficient (Wildman–Crippen LogP) is 4.03. The Morgan fingerprint density at radius 1 is 1.44 bits per heavy atom. The highest BCUT2D eigenvalue weighted by Crippen LogP contribution is 2.36. The highest BCUT2D eigenvalue weighted by atomic mass is 14.8. The first-order valence-electron chi connectivity index (χ1n) is 5.81. The second-order valence-electron chi connectivity index (χ2n) is 4.28. The molecule has 0 aliphatic carbocycles. The third-order valence-corrected chi connectivity index (χ3v) is 2.84. The molecule has 0 amide bonds. The summed E-state index contributed by atoms with van der Waals surface area (Å²) < 4.78 is 0. The van der Waals surface area contributed by atoms with Crippen molar-refractivity contribution in [3.05, 3.63) is 36.5 Å². The average Bonchev–Trinajstić information content (AvgIpc) is 2.23. The molecule has 0 rings (SSSR count). The largest absolute Gasteiger partial charge is 0.261 e. The third-order valence-electron chi connectivity index (χ3n) is 2.84. The van der Waals surface area contributed by atoms with Gasteiger partial charge in [0.2, 0.25) is 0 Å². The van der Waals surface area contributed by atoms with Crippen molar-refractivity contribution >= 4 is 14.1 Å². The highest BCUT2D eigenvalue weighted by molar-refractivity contribution is 6.23. The molecule has 0 spiro atoms. The normalized spacial score (nSPS) is 16.1. The molecular weight excluding hydrogens is 193 g/mol. The van der Waals surface area contributed by atoms with Crippen LogP contribution in [0.15, 0.2) is 41.5 Å². The molecule has 1 nitrogen and oxygen atoms in total. The van der Waals surface area contributed by atoms with Crippen LogP contribution >= 0.6 is 0 Å². The summed E-state index contributed by atoms with van der Waals surface area (Å²) in [6.45, 7) is 13.9. The van der Waals surface area contributed by atoms with E-state index in [0.29, 0.717) is 5.47 Å². The topological polar surface area (TPSA) is 12.4 Å². The maximum Gasteiger partial charge on any atom is 0.113 e. The number of hydrogen-bond acceptors (Lipinski definition) is 1. The lowest BCUT2D eigenvalue weighted by Crippen LogP contribution is -2.17. The fraction of sp³-hybridized carbons (Fsp3) is 0.500. The van der Waals surface area contributed by atoms with Gasteiger partial charge < -0.3 is 0 Å². The molecule has 16 heavy (non-hydrogen) atoms. The summed E-state index contributed by atoms with van der Waals surface area (Å²) in [5, 5.41) is 0. The van der Waals surface area contributed by atoms with E-state index in [0.717, 1.165) is 25.0 Å². The first-order valence-corrected chi connectivity index (χ1v) is 5.81. The van der Waals surface area contributed by atoms with Crippen molar-refractivity contribution in [2.24, 2.45) is 10.4 Å². The van der Waals surface area contributed by atoms with Gasteiger partial charge in [0.25, 0.3) is 0 Å². The van der Waals surface area contributed by atoms with Crippen molar-refractivity contribution in [3.8, 4) is 0 Å². The Hall–Kier alpha value is -1.05. The van der Waals surface area contributed by atoms with Gasteiger partial charge in [0.1, 0.15) is 7.85 Å². The average molecular weight is 215 g/mol. The Balaban J connectivity index is 5.20. The van der Waals surface area contributed by atoms with Crippen molar-refractivity contribution in [1.29, 1.82) is 0 Å². The SMILES string of the molecule is [B]C(=C)/C=C(\N=CC=C)C(C)(CC)CCC. The smallest absolute Gasteiger partial charge is 0.113 e. The molecule has 0 aromatic rings. The van der Waals surface area contributed by atoms with Gasteiger partial charge in [0.05, 0.1) is 0 Å². The van der Waals surface area contributed by atoms with E-state index >= 15 is 0 Å². The van der Waals surface area contributed by atoms with E-state index in [4.69, 9.17) is 7.85 Å². The Morgan fingerprint density at radius 3 is 2.44 bits per heavy atom. The molecule has 0 aliphatic rings. The summed E-state index contributed by atoms with van der Waals surface area (Å²) in [5.74, 6) is 0. The minimum absolute atomic E-state index is 0.0660. The Kier molecular flexibility index (Phi) is 6.79. The van der Waals surface area contributed by atoms with Crippen LogP contribution in [0, 0.1) is 5.41 Å². The van der Waals surface area contributed by atoms with Crippen molar-refractivity contribution in [1.82, 2.24) is 0 Å². The molecule has 0 heterocycles. The standard InChI is InChI=1S/C14H22BN/c1-6-9-14(5,8-3)13(11-12(4)15)16-10-7-2/h7,10-11H,2,4,6,8-9H2,1,3,5H3/b13-11-,16-10?. The molecule has 0 fully saturated rings. The minimum Gasteiger partial charge on any atom is -0.261 e. The van der Waals surface area contributed by atoms with E-state index in [1.165, 1.54) is 0 Å². The van der Waals surface area contributed by atoms with Gasteiger partial charge >= 0.3 is 0 Å². The minimum atomic E-state index is 0.0660. The van der Waals surface area contributed by atoms with E-state index in [1.54, 1.807) is 12.3 Å². The molecule has 1 unspecified atom stereocenters. The number of nitrogens with zero attached hydrogens (tertiary/aromatic N) is 1. The van der Waals surface area contributed by atoms with Gasteiger partial charge in [0.15, 0.2) is 0 Å². The molecule has 86 valence electrons. The van der Waals surface area contributed by atoms with Crippen LogP contribution in [0.3, 0.4) is 0 Å². The summed E-state index contributed by atoms with van der Waals surface area (Å²) in [7, 11) is 5.64. The maximum absolute atomic E-state index is 5.64. The molecule has 0 bridgehead atoms. The van der Waals surface area contributed by atoms with Crippen LogP contribution in [-0.2, 0) is 0 Å². The Bertz CT molecular complexity index is 302. The van der Waals surface area contributed by atoms with Crippen molar-refractivity contribution < 1.29 is 0 Å². The highest BCUT2D eigenvalue weighted by Gasteiger charge is 2.25. The number of aliphatic imine (C=N–C) groups is 1. The van der Waals surface area contributed by atoms with Gasteiger partial charge in [-0.3, -0.25) is 4.99 Å². The molecule has 2 radical (unpaired) electrons.